The molecule has 0 amide bonds. The summed E-state index contributed by atoms with van der Waals surface area (Å²) in [6.45, 7) is 7.40. The Morgan fingerprint density at radius 2 is 2.06 bits per heavy atom. The van der Waals surface area contributed by atoms with Crippen LogP contribution in [0.5, 0.6) is 5.75 Å². The normalized spacial score (nSPS) is 12.8. The van der Waals surface area contributed by atoms with E-state index in [-0.39, 0.29) is 12.4 Å². The molecule has 0 heterocycles. The van der Waals surface area contributed by atoms with Gasteiger partial charge in [0.2, 0.25) is 0 Å². The van der Waals surface area contributed by atoms with Crippen LogP contribution in [0.15, 0.2) is 18.2 Å². The second-order valence-corrected chi connectivity index (χ2v) is 4.93. The SMILES string of the molecule is Cc1ccc(OCC(O)CNCC(C)C)cc1F. The van der Waals surface area contributed by atoms with Crippen molar-refractivity contribution in [2.24, 2.45) is 5.92 Å². The van der Waals surface area contributed by atoms with Crippen LogP contribution < -0.4 is 10.1 Å². The fourth-order valence-electron chi connectivity index (χ4n) is 1.45. The maximum Gasteiger partial charge on any atom is 0.129 e. The lowest BCUT2D eigenvalue weighted by atomic mass is 10.2. The summed E-state index contributed by atoms with van der Waals surface area (Å²) < 4.78 is 18.6. The lowest BCUT2D eigenvalue weighted by Gasteiger charge is -2.14. The first-order valence-electron chi connectivity index (χ1n) is 6.26. The van der Waals surface area contributed by atoms with Crippen LogP contribution in [-0.4, -0.2) is 30.9 Å². The van der Waals surface area contributed by atoms with Crippen LogP contribution in [-0.2, 0) is 0 Å². The molecule has 18 heavy (non-hydrogen) atoms. The molecule has 0 bridgehead atoms. The van der Waals surface area contributed by atoms with Gasteiger partial charge in [-0.25, -0.2) is 4.39 Å². The van der Waals surface area contributed by atoms with Crippen LogP contribution in [0.3, 0.4) is 0 Å². The van der Waals surface area contributed by atoms with Gasteiger partial charge in [0.15, 0.2) is 0 Å². The molecule has 0 aliphatic carbocycles. The molecule has 1 aromatic rings. The molecule has 0 aromatic heterocycles. The summed E-state index contributed by atoms with van der Waals surface area (Å²) in [5, 5.41) is 12.8. The van der Waals surface area contributed by atoms with Crippen LogP contribution >= 0.6 is 0 Å². The van der Waals surface area contributed by atoms with Gasteiger partial charge in [0, 0.05) is 12.6 Å². The zero-order valence-corrected chi connectivity index (χ0v) is 11.2. The maximum atomic E-state index is 13.2. The molecule has 0 saturated carbocycles. The number of aliphatic hydroxyl groups is 1. The number of hydrogen-bond acceptors (Lipinski definition) is 3. The molecule has 0 fully saturated rings. The average Bonchev–Trinajstić information content (AvgIpc) is 2.30. The van der Waals surface area contributed by atoms with E-state index in [2.05, 4.69) is 19.2 Å². The van der Waals surface area contributed by atoms with Crippen LogP contribution in [0.4, 0.5) is 4.39 Å². The highest BCUT2D eigenvalue weighted by Gasteiger charge is 2.06. The molecule has 4 heteroatoms. The number of halogens is 1. The number of aliphatic hydroxyl groups excluding tert-OH is 1. The molecule has 3 nitrogen and oxygen atoms in total. The standard InChI is InChI=1S/C14H22FNO2/c1-10(2)7-16-8-12(17)9-18-13-5-4-11(3)14(15)6-13/h4-6,10,12,16-17H,7-9H2,1-3H3. The van der Waals surface area contributed by atoms with Crippen molar-refractivity contribution in [3.8, 4) is 5.75 Å². The molecular weight excluding hydrogens is 233 g/mol. The Balaban J connectivity index is 2.29. The number of nitrogens with one attached hydrogen (secondary N) is 1. The highest BCUT2D eigenvalue weighted by molar-refractivity contribution is 5.27. The third-order valence-electron chi connectivity index (χ3n) is 2.52. The minimum Gasteiger partial charge on any atom is -0.491 e. The van der Waals surface area contributed by atoms with Gasteiger partial charge in [-0.15, -0.1) is 0 Å². The fourth-order valence-corrected chi connectivity index (χ4v) is 1.45. The van der Waals surface area contributed by atoms with Crippen molar-refractivity contribution >= 4 is 0 Å². The Kier molecular flexibility index (Phi) is 6.09. The molecule has 0 aliphatic rings. The highest BCUT2D eigenvalue weighted by atomic mass is 19.1. The molecule has 1 rings (SSSR count). The van der Waals surface area contributed by atoms with E-state index in [1.807, 2.05) is 0 Å². The Hall–Kier alpha value is -1.13. The first kappa shape index (κ1) is 14.9. The molecule has 1 aromatic carbocycles. The molecule has 1 atom stereocenters. The van der Waals surface area contributed by atoms with Gasteiger partial charge >= 0.3 is 0 Å². The molecule has 2 N–H and O–H groups in total. The van der Waals surface area contributed by atoms with E-state index in [9.17, 15) is 9.50 Å². The molecule has 0 aliphatic heterocycles. The summed E-state index contributed by atoms with van der Waals surface area (Å²) in [5.41, 5.74) is 0.585. The number of aryl methyl sites for hydroxylation is 1. The Morgan fingerprint density at radius 1 is 1.33 bits per heavy atom. The van der Waals surface area contributed by atoms with E-state index in [1.54, 1.807) is 19.1 Å². The molecular formula is C14H22FNO2. The lowest BCUT2D eigenvalue weighted by molar-refractivity contribution is 0.105. The van der Waals surface area contributed by atoms with Crippen LogP contribution in [0, 0.1) is 18.7 Å². The van der Waals surface area contributed by atoms with E-state index >= 15 is 0 Å². The predicted molar refractivity (Wildman–Crippen MR) is 70.3 cm³/mol. The predicted octanol–water partition coefficient (Wildman–Crippen LogP) is 2.12. The molecule has 102 valence electrons. The summed E-state index contributed by atoms with van der Waals surface area (Å²) in [6.07, 6.45) is -0.590. The summed E-state index contributed by atoms with van der Waals surface area (Å²) in [7, 11) is 0. The summed E-state index contributed by atoms with van der Waals surface area (Å²) in [6, 6.07) is 4.70. The quantitative estimate of drug-likeness (QED) is 0.784. The van der Waals surface area contributed by atoms with Gasteiger partial charge in [-0.1, -0.05) is 19.9 Å². The Labute approximate surface area is 108 Å². The van der Waals surface area contributed by atoms with Gasteiger partial charge in [-0.05, 0) is 31.0 Å². The van der Waals surface area contributed by atoms with E-state index in [0.717, 1.165) is 6.54 Å². The summed E-state index contributed by atoms with van der Waals surface area (Å²) in [5.74, 6) is 0.699. The maximum absolute atomic E-state index is 13.2. The third-order valence-corrected chi connectivity index (χ3v) is 2.52. The van der Waals surface area contributed by atoms with Crippen LogP contribution in [0.25, 0.3) is 0 Å². The van der Waals surface area contributed by atoms with E-state index < -0.39 is 6.10 Å². The zero-order valence-electron chi connectivity index (χ0n) is 11.2. The first-order chi connectivity index (χ1) is 8.49. The van der Waals surface area contributed by atoms with Gasteiger partial charge in [-0.3, -0.25) is 0 Å². The smallest absolute Gasteiger partial charge is 0.129 e. The number of benzene rings is 1. The van der Waals surface area contributed by atoms with Gasteiger partial charge in [0.1, 0.15) is 24.3 Å². The number of rotatable bonds is 7. The van der Waals surface area contributed by atoms with Gasteiger partial charge in [-0.2, -0.15) is 0 Å². The van der Waals surface area contributed by atoms with Crippen LogP contribution in [0.1, 0.15) is 19.4 Å². The Morgan fingerprint density at radius 3 is 2.67 bits per heavy atom. The second-order valence-electron chi connectivity index (χ2n) is 4.93. The van der Waals surface area contributed by atoms with Crippen molar-refractivity contribution in [2.45, 2.75) is 26.9 Å². The number of ether oxygens (including phenoxy) is 1. The van der Waals surface area contributed by atoms with Crippen molar-refractivity contribution < 1.29 is 14.2 Å². The van der Waals surface area contributed by atoms with Gasteiger partial charge < -0.3 is 15.2 Å². The van der Waals surface area contributed by atoms with Crippen LogP contribution in [0.2, 0.25) is 0 Å². The highest BCUT2D eigenvalue weighted by Crippen LogP contribution is 2.15. The van der Waals surface area contributed by atoms with Crippen molar-refractivity contribution in [1.82, 2.24) is 5.32 Å². The van der Waals surface area contributed by atoms with E-state index in [1.165, 1.54) is 6.07 Å². The number of hydrogen-bond donors (Lipinski definition) is 2. The lowest BCUT2D eigenvalue weighted by Crippen LogP contribution is -2.33. The zero-order chi connectivity index (χ0) is 13.5. The summed E-state index contributed by atoms with van der Waals surface area (Å²) >= 11 is 0. The topological polar surface area (TPSA) is 41.5 Å². The third kappa shape index (κ3) is 5.47. The second kappa shape index (κ2) is 7.34. The first-order valence-corrected chi connectivity index (χ1v) is 6.26. The minimum absolute atomic E-state index is 0.160. The van der Waals surface area contributed by atoms with Crippen molar-refractivity contribution in [3.63, 3.8) is 0 Å². The summed E-state index contributed by atoms with van der Waals surface area (Å²) in [4.78, 5) is 0. The largest absolute Gasteiger partial charge is 0.491 e. The van der Waals surface area contributed by atoms with Gasteiger partial charge in [0.05, 0.1) is 0 Å². The van der Waals surface area contributed by atoms with Gasteiger partial charge in [0.25, 0.3) is 0 Å². The van der Waals surface area contributed by atoms with E-state index in [0.29, 0.717) is 23.8 Å². The monoisotopic (exact) mass is 255 g/mol. The Bertz CT molecular complexity index is 369. The van der Waals surface area contributed by atoms with Crippen molar-refractivity contribution in [1.29, 1.82) is 0 Å². The molecule has 1 unspecified atom stereocenters. The molecule has 0 spiro atoms. The van der Waals surface area contributed by atoms with E-state index in [4.69, 9.17) is 4.74 Å². The minimum atomic E-state index is -0.590. The molecule has 0 radical (unpaired) electrons. The van der Waals surface area contributed by atoms with Crippen molar-refractivity contribution in [3.05, 3.63) is 29.6 Å². The molecule has 0 saturated heterocycles. The fraction of sp³-hybridized carbons (Fsp3) is 0.571. The van der Waals surface area contributed by atoms with Crippen molar-refractivity contribution in [2.75, 3.05) is 19.7 Å². The average molecular weight is 255 g/mol.